The van der Waals surface area contributed by atoms with Crippen LogP contribution in [0.5, 0.6) is 0 Å². The Morgan fingerprint density at radius 1 is 1.00 bits per heavy atom. The standard InChI is InChI=1S/C15H15NO3/c16-14-7-5-13(6-8-14)15(18)19-10-12-3-1-11(9-17)2-4-12/h1-8,17H,9-10,16H2. The van der Waals surface area contributed by atoms with Crippen LogP contribution in [-0.2, 0) is 18.0 Å². The van der Waals surface area contributed by atoms with Crippen molar-refractivity contribution in [2.45, 2.75) is 13.2 Å². The number of carbonyl (C=O) groups excluding carboxylic acids is 1. The Morgan fingerprint density at radius 2 is 1.58 bits per heavy atom. The molecule has 0 radical (unpaired) electrons. The van der Waals surface area contributed by atoms with E-state index < -0.39 is 0 Å². The van der Waals surface area contributed by atoms with Gasteiger partial charge in [-0.25, -0.2) is 4.79 Å². The van der Waals surface area contributed by atoms with Crippen molar-refractivity contribution in [2.75, 3.05) is 5.73 Å². The maximum atomic E-state index is 11.7. The van der Waals surface area contributed by atoms with Gasteiger partial charge in [-0.2, -0.15) is 0 Å². The average Bonchev–Trinajstić information content (AvgIpc) is 2.46. The molecule has 0 amide bonds. The van der Waals surface area contributed by atoms with Gasteiger partial charge < -0.3 is 15.6 Å². The lowest BCUT2D eigenvalue weighted by Gasteiger charge is -2.06. The predicted molar refractivity (Wildman–Crippen MR) is 72.3 cm³/mol. The number of hydrogen-bond acceptors (Lipinski definition) is 4. The van der Waals surface area contributed by atoms with Crippen LogP contribution in [0.3, 0.4) is 0 Å². The van der Waals surface area contributed by atoms with Crippen LogP contribution in [0.4, 0.5) is 5.69 Å². The number of hydrogen-bond donors (Lipinski definition) is 2. The van der Waals surface area contributed by atoms with Crippen molar-refractivity contribution in [3.63, 3.8) is 0 Å². The third kappa shape index (κ3) is 3.56. The van der Waals surface area contributed by atoms with E-state index in [2.05, 4.69) is 0 Å². The molecule has 0 bridgehead atoms. The Morgan fingerprint density at radius 3 is 2.16 bits per heavy atom. The number of rotatable bonds is 4. The van der Waals surface area contributed by atoms with E-state index in [4.69, 9.17) is 15.6 Å². The molecule has 2 aromatic carbocycles. The fraction of sp³-hybridized carbons (Fsp3) is 0.133. The van der Waals surface area contributed by atoms with Crippen LogP contribution in [0.25, 0.3) is 0 Å². The molecule has 0 saturated carbocycles. The molecule has 4 nitrogen and oxygen atoms in total. The number of anilines is 1. The first-order valence-electron chi connectivity index (χ1n) is 5.90. The molecule has 0 atom stereocenters. The lowest BCUT2D eigenvalue weighted by Crippen LogP contribution is -2.05. The van der Waals surface area contributed by atoms with E-state index in [0.717, 1.165) is 11.1 Å². The molecule has 19 heavy (non-hydrogen) atoms. The van der Waals surface area contributed by atoms with Crippen LogP contribution in [0, 0.1) is 0 Å². The van der Waals surface area contributed by atoms with E-state index in [0.29, 0.717) is 11.3 Å². The fourth-order valence-corrected chi connectivity index (χ4v) is 1.59. The molecule has 0 heterocycles. The molecular weight excluding hydrogens is 242 g/mol. The minimum absolute atomic E-state index is 0.00546. The molecule has 4 heteroatoms. The van der Waals surface area contributed by atoms with Crippen molar-refractivity contribution in [1.29, 1.82) is 0 Å². The molecule has 0 aliphatic carbocycles. The molecule has 0 aromatic heterocycles. The van der Waals surface area contributed by atoms with Crippen LogP contribution in [0.1, 0.15) is 21.5 Å². The number of aliphatic hydroxyl groups excluding tert-OH is 1. The van der Waals surface area contributed by atoms with Gasteiger partial charge in [0.1, 0.15) is 6.61 Å². The molecule has 2 rings (SSSR count). The van der Waals surface area contributed by atoms with Crippen molar-refractivity contribution in [3.05, 3.63) is 65.2 Å². The lowest BCUT2D eigenvalue weighted by atomic mass is 10.1. The molecule has 2 aromatic rings. The van der Waals surface area contributed by atoms with E-state index in [1.807, 2.05) is 12.1 Å². The van der Waals surface area contributed by atoms with Gasteiger partial charge in [-0.15, -0.1) is 0 Å². The summed E-state index contributed by atoms with van der Waals surface area (Å²) >= 11 is 0. The maximum Gasteiger partial charge on any atom is 0.338 e. The van der Waals surface area contributed by atoms with E-state index in [1.165, 1.54) is 0 Å². The van der Waals surface area contributed by atoms with Gasteiger partial charge in [0.2, 0.25) is 0 Å². The Balaban J connectivity index is 1.94. The summed E-state index contributed by atoms with van der Waals surface area (Å²) in [5.41, 5.74) is 8.33. The van der Waals surface area contributed by atoms with Crippen LogP contribution in [0.15, 0.2) is 48.5 Å². The Hall–Kier alpha value is -2.33. The first-order valence-corrected chi connectivity index (χ1v) is 5.90. The highest BCUT2D eigenvalue weighted by Crippen LogP contribution is 2.10. The number of aliphatic hydroxyl groups is 1. The summed E-state index contributed by atoms with van der Waals surface area (Å²) in [4.78, 5) is 11.7. The number of carbonyl (C=O) groups is 1. The average molecular weight is 257 g/mol. The highest BCUT2D eigenvalue weighted by Gasteiger charge is 2.06. The first-order chi connectivity index (χ1) is 9.19. The van der Waals surface area contributed by atoms with E-state index in [9.17, 15) is 4.79 Å². The molecule has 0 unspecified atom stereocenters. The van der Waals surface area contributed by atoms with Gasteiger partial charge in [-0.3, -0.25) is 0 Å². The summed E-state index contributed by atoms with van der Waals surface area (Å²) in [6.07, 6.45) is 0. The van der Waals surface area contributed by atoms with Crippen molar-refractivity contribution in [2.24, 2.45) is 0 Å². The minimum Gasteiger partial charge on any atom is -0.457 e. The Labute approximate surface area is 111 Å². The Bertz CT molecular complexity index is 547. The van der Waals surface area contributed by atoms with Gasteiger partial charge in [0, 0.05) is 5.69 Å². The molecule has 0 aliphatic heterocycles. The normalized spacial score (nSPS) is 10.2. The highest BCUT2D eigenvalue weighted by molar-refractivity contribution is 5.89. The zero-order valence-electron chi connectivity index (χ0n) is 10.4. The zero-order valence-corrected chi connectivity index (χ0v) is 10.4. The summed E-state index contributed by atoms with van der Waals surface area (Å²) in [6.45, 7) is 0.209. The Kier molecular flexibility index (Phi) is 4.15. The van der Waals surface area contributed by atoms with Crippen LogP contribution in [0.2, 0.25) is 0 Å². The van der Waals surface area contributed by atoms with E-state index in [1.54, 1.807) is 36.4 Å². The SMILES string of the molecule is Nc1ccc(C(=O)OCc2ccc(CO)cc2)cc1. The minimum atomic E-state index is -0.383. The fourth-order valence-electron chi connectivity index (χ4n) is 1.59. The van der Waals surface area contributed by atoms with Crippen LogP contribution < -0.4 is 5.73 Å². The largest absolute Gasteiger partial charge is 0.457 e. The number of benzene rings is 2. The highest BCUT2D eigenvalue weighted by atomic mass is 16.5. The number of ether oxygens (including phenoxy) is 1. The summed E-state index contributed by atoms with van der Waals surface area (Å²) in [7, 11) is 0. The van der Waals surface area contributed by atoms with E-state index in [-0.39, 0.29) is 19.2 Å². The molecule has 0 saturated heterocycles. The molecule has 0 fully saturated rings. The van der Waals surface area contributed by atoms with E-state index >= 15 is 0 Å². The van der Waals surface area contributed by atoms with Crippen LogP contribution >= 0.6 is 0 Å². The maximum absolute atomic E-state index is 11.7. The van der Waals surface area contributed by atoms with Crippen LogP contribution in [-0.4, -0.2) is 11.1 Å². The molecule has 3 N–H and O–H groups in total. The lowest BCUT2D eigenvalue weighted by molar-refractivity contribution is 0.0472. The second kappa shape index (κ2) is 6.02. The van der Waals surface area contributed by atoms with Crippen molar-refractivity contribution < 1.29 is 14.6 Å². The summed E-state index contributed by atoms with van der Waals surface area (Å²) in [5, 5.41) is 8.92. The smallest absolute Gasteiger partial charge is 0.338 e. The van der Waals surface area contributed by atoms with Gasteiger partial charge >= 0.3 is 5.97 Å². The van der Waals surface area contributed by atoms with Gasteiger partial charge in [0.25, 0.3) is 0 Å². The molecule has 98 valence electrons. The summed E-state index contributed by atoms with van der Waals surface area (Å²) in [5.74, 6) is -0.383. The monoisotopic (exact) mass is 257 g/mol. The summed E-state index contributed by atoms with van der Waals surface area (Å²) in [6, 6.07) is 13.8. The molecule has 0 spiro atoms. The van der Waals surface area contributed by atoms with Crippen molar-refractivity contribution in [1.82, 2.24) is 0 Å². The quantitative estimate of drug-likeness (QED) is 0.650. The number of nitrogen functional groups attached to an aromatic ring is 1. The van der Waals surface area contributed by atoms with Crippen molar-refractivity contribution >= 4 is 11.7 Å². The van der Waals surface area contributed by atoms with Crippen molar-refractivity contribution in [3.8, 4) is 0 Å². The first kappa shape index (κ1) is 13.1. The zero-order chi connectivity index (χ0) is 13.7. The summed E-state index contributed by atoms with van der Waals surface area (Å²) < 4.78 is 5.19. The second-order valence-corrected chi connectivity index (χ2v) is 4.17. The van der Waals surface area contributed by atoms with Gasteiger partial charge in [0.15, 0.2) is 0 Å². The van der Waals surface area contributed by atoms with Gasteiger partial charge in [-0.05, 0) is 35.4 Å². The molecule has 0 aliphatic rings. The number of esters is 1. The third-order valence-corrected chi connectivity index (χ3v) is 2.72. The number of nitrogens with two attached hydrogens (primary N) is 1. The van der Waals surface area contributed by atoms with Gasteiger partial charge in [-0.1, -0.05) is 24.3 Å². The van der Waals surface area contributed by atoms with Gasteiger partial charge in [0.05, 0.1) is 12.2 Å². The topological polar surface area (TPSA) is 72.6 Å². The second-order valence-electron chi connectivity index (χ2n) is 4.17. The predicted octanol–water partition coefficient (Wildman–Crippen LogP) is 2.12. The molecular formula is C15H15NO3. The third-order valence-electron chi connectivity index (χ3n) is 2.72.